The van der Waals surface area contributed by atoms with Crippen molar-refractivity contribution in [3.63, 3.8) is 0 Å². The van der Waals surface area contributed by atoms with Crippen molar-refractivity contribution >= 4 is 0 Å². The predicted molar refractivity (Wildman–Crippen MR) is 60.9 cm³/mol. The Balaban J connectivity index is 2.33. The maximum Gasteiger partial charge on any atom is 0.100 e. The van der Waals surface area contributed by atoms with Crippen LogP contribution in [0, 0.1) is 17.2 Å². The molecular weight excluding hydrogens is 200 g/mol. The molecule has 1 unspecified atom stereocenters. The van der Waals surface area contributed by atoms with E-state index in [2.05, 4.69) is 37.2 Å². The number of nitrogens with zero attached hydrogens (tertiary/aromatic N) is 4. The summed E-state index contributed by atoms with van der Waals surface area (Å²) in [6.07, 6.45) is 2.96. The molecule has 0 bridgehead atoms. The molecule has 0 amide bonds. The monoisotopic (exact) mass is 218 g/mol. The fourth-order valence-corrected chi connectivity index (χ4v) is 2.21. The van der Waals surface area contributed by atoms with E-state index in [-0.39, 0.29) is 0 Å². The van der Waals surface area contributed by atoms with Crippen molar-refractivity contribution in [1.29, 1.82) is 5.26 Å². The van der Waals surface area contributed by atoms with Gasteiger partial charge in [0.15, 0.2) is 0 Å². The van der Waals surface area contributed by atoms with Crippen molar-refractivity contribution in [3.05, 3.63) is 11.4 Å². The minimum Gasteiger partial charge on any atom is -0.246 e. The van der Waals surface area contributed by atoms with Crippen molar-refractivity contribution in [2.75, 3.05) is 0 Å². The van der Waals surface area contributed by atoms with Crippen molar-refractivity contribution in [3.8, 4) is 6.07 Å². The fourth-order valence-electron chi connectivity index (χ4n) is 2.21. The maximum atomic E-state index is 8.77. The first kappa shape index (κ1) is 11.1. The average molecular weight is 218 g/mol. The second-order valence-corrected chi connectivity index (χ2v) is 4.93. The molecule has 1 aromatic heterocycles. The third kappa shape index (κ3) is 1.95. The first-order valence-electron chi connectivity index (χ1n) is 5.96. The Morgan fingerprint density at radius 3 is 2.62 bits per heavy atom. The van der Waals surface area contributed by atoms with Crippen LogP contribution in [0.2, 0.25) is 0 Å². The van der Waals surface area contributed by atoms with Gasteiger partial charge < -0.3 is 0 Å². The number of nitriles is 1. The Hall–Kier alpha value is -1.37. The highest BCUT2D eigenvalue weighted by Crippen LogP contribution is 2.40. The number of rotatable bonds is 4. The highest BCUT2D eigenvalue weighted by Gasteiger charge is 2.32. The molecule has 0 radical (unpaired) electrons. The minimum absolute atomic E-state index is 0.366. The molecule has 4 nitrogen and oxygen atoms in total. The van der Waals surface area contributed by atoms with Crippen LogP contribution < -0.4 is 0 Å². The summed E-state index contributed by atoms with van der Waals surface area (Å²) in [6, 6.07) is 2.59. The first-order chi connectivity index (χ1) is 7.65. The quantitative estimate of drug-likeness (QED) is 0.780. The number of hydrogen-bond acceptors (Lipinski definition) is 3. The van der Waals surface area contributed by atoms with E-state index in [1.165, 1.54) is 12.8 Å². The second kappa shape index (κ2) is 4.25. The highest BCUT2D eigenvalue weighted by atomic mass is 15.4. The van der Waals surface area contributed by atoms with Gasteiger partial charge in [0.1, 0.15) is 5.69 Å². The molecule has 0 N–H and O–H groups in total. The summed E-state index contributed by atoms with van der Waals surface area (Å²) in [5.74, 6) is 1.13. The van der Waals surface area contributed by atoms with Crippen LogP contribution in [0.1, 0.15) is 57.0 Å². The molecule has 1 aliphatic carbocycles. The van der Waals surface area contributed by atoms with Gasteiger partial charge in [0.05, 0.1) is 24.2 Å². The molecule has 0 saturated heterocycles. The van der Waals surface area contributed by atoms with Crippen molar-refractivity contribution in [2.45, 2.75) is 52.0 Å². The highest BCUT2D eigenvalue weighted by molar-refractivity contribution is 5.18. The van der Waals surface area contributed by atoms with E-state index in [0.29, 0.717) is 18.4 Å². The molecule has 16 heavy (non-hydrogen) atoms. The zero-order valence-electron chi connectivity index (χ0n) is 10.1. The smallest absolute Gasteiger partial charge is 0.100 e. The van der Waals surface area contributed by atoms with Crippen LogP contribution in [-0.4, -0.2) is 15.0 Å². The molecular formula is C12H18N4. The van der Waals surface area contributed by atoms with Gasteiger partial charge in [-0.2, -0.15) is 5.26 Å². The molecule has 4 heteroatoms. The summed E-state index contributed by atoms with van der Waals surface area (Å²) in [5.41, 5.74) is 1.99. The average Bonchev–Trinajstić information content (AvgIpc) is 2.99. The lowest BCUT2D eigenvalue weighted by molar-refractivity contribution is 0.409. The summed E-state index contributed by atoms with van der Waals surface area (Å²) in [7, 11) is 0. The van der Waals surface area contributed by atoms with E-state index in [1.807, 2.05) is 4.68 Å². The summed E-state index contributed by atoms with van der Waals surface area (Å²) in [6.45, 7) is 6.47. The van der Waals surface area contributed by atoms with Gasteiger partial charge in [0.2, 0.25) is 0 Å². The van der Waals surface area contributed by atoms with E-state index in [1.54, 1.807) is 0 Å². The number of aromatic nitrogens is 3. The summed E-state index contributed by atoms with van der Waals surface area (Å²) < 4.78 is 2.04. The lowest BCUT2D eigenvalue weighted by atomic mass is 10.1. The molecule has 1 atom stereocenters. The Morgan fingerprint density at radius 1 is 1.44 bits per heavy atom. The van der Waals surface area contributed by atoms with Crippen LogP contribution >= 0.6 is 0 Å². The molecule has 0 aliphatic heterocycles. The Kier molecular flexibility index (Phi) is 2.95. The molecule has 1 fully saturated rings. The SMILES string of the molecule is CC(C)c1c(CC#N)nnn1C(C)C1CC1. The summed E-state index contributed by atoms with van der Waals surface area (Å²) in [4.78, 5) is 0. The minimum atomic E-state index is 0.366. The van der Waals surface area contributed by atoms with Crippen molar-refractivity contribution in [2.24, 2.45) is 5.92 Å². The summed E-state index contributed by atoms with van der Waals surface area (Å²) in [5, 5.41) is 17.1. The van der Waals surface area contributed by atoms with Gasteiger partial charge in [-0.1, -0.05) is 19.1 Å². The topological polar surface area (TPSA) is 54.5 Å². The number of hydrogen-bond donors (Lipinski definition) is 0. The third-order valence-corrected chi connectivity index (χ3v) is 3.29. The van der Waals surface area contributed by atoms with E-state index in [0.717, 1.165) is 17.3 Å². The van der Waals surface area contributed by atoms with Gasteiger partial charge in [0, 0.05) is 0 Å². The van der Waals surface area contributed by atoms with Crippen LogP contribution in [0.3, 0.4) is 0 Å². The lowest BCUT2D eigenvalue weighted by Gasteiger charge is -2.16. The molecule has 1 heterocycles. The van der Waals surface area contributed by atoms with Crippen LogP contribution in [0.5, 0.6) is 0 Å². The third-order valence-electron chi connectivity index (χ3n) is 3.29. The van der Waals surface area contributed by atoms with Gasteiger partial charge in [-0.3, -0.25) is 0 Å². The van der Waals surface area contributed by atoms with Crippen molar-refractivity contribution in [1.82, 2.24) is 15.0 Å². The van der Waals surface area contributed by atoms with E-state index < -0.39 is 0 Å². The van der Waals surface area contributed by atoms with E-state index >= 15 is 0 Å². The van der Waals surface area contributed by atoms with E-state index in [9.17, 15) is 0 Å². The molecule has 2 rings (SSSR count). The lowest BCUT2D eigenvalue weighted by Crippen LogP contribution is -2.14. The van der Waals surface area contributed by atoms with Gasteiger partial charge in [0.25, 0.3) is 0 Å². The molecule has 86 valence electrons. The summed E-state index contributed by atoms with van der Waals surface area (Å²) >= 11 is 0. The first-order valence-corrected chi connectivity index (χ1v) is 5.96. The zero-order chi connectivity index (χ0) is 11.7. The predicted octanol–water partition coefficient (Wildman–Crippen LogP) is 2.44. The Labute approximate surface area is 96.3 Å². The molecule has 0 aromatic carbocycles. The normalized spacial score (nSPS) is 17.4. The molecule has 1 saturated carbocycles. The molecule has 0 spiro atoms. The van der Waals surface area contributed by atoms with Gasteiger partial charge in [-0.15, -0.1) is 5.10 Å². The van der Waals surface area contributed by atoms with Crippen LogP contribution in [-0.2, 0) is 6.42 Å². The van der Waals surface area contributed by atoms with Gasteiger partial charge in [-0.05, 0) is 31.6 Å². The van der Waals surface area contributed by atoms with Gasteiger partial charge in [-0.25, -0.2) is 4.68 Å². The van der Waals surface area contributed by atoms with E-state index in [4.69, 9.17) is 5.26 Å². The van der Waals surface area contributed by atoms with Crippen LogP contribution in [0.4, 0.5) is 0 Å². The van der Waals surface area contributed by atoms with Crippen molar-refractivity contribution < 1.29 is 0 Å². The second-order valence-electron chi connectivity index (χ2n) is 4.93. The largest absolute Gasteiger partial charge is 0.246 e. The van der Waals surface area contributed by atoms with Crippen LogP contribution in [0.15, 0.2) is 0 Å². The maximum absolute atomic E-state index is 8.77. The molecule has 1 aromatic rings. The zero-order valence-corrected chi connectivity index (χ0v) is 10.1. The standard InChI is InChI=1S/C12H18N4/c1-8(2)12-11(6-7-13)14-15-16(12)9(3)10-4-5-10/h8-10H,4-6H2,1-3H3. The fraction of sp³-hybridized carbons (Fsp3) is 0.750. The van der Waals surface area contributed by atoms with Gasteiger partial charge >= 0.3 is 0 Å². The Bertz CT molecular complexity index is 409. The Morgan fingerprint density at radius 2 is 2.12 bits per heavy atom. The van der Waals surface area contributed by atoms with Crippen LogP contribution in [0.25, 0.3) is 0 Å². The molecule has 1 aliphatic rings.